The van der Waals surface area contributed by atoms with E-state index in [1.165, 1.54) is 50.5 Å². The van der Waals surface area contributed by atoms with Gasteiger partial charge in [-0.05, 0) is 18.4 Å². The van der Waals surface area contributed by atoms with Crippen LogP contribution in [0.15, 0.2) is 30.3 Å². The topological polar surface area (TPSA) is 18.5 Å². The Morgan fingerprint density at radius 3 is 2.40 bits per heavy atom. The number of benzene rings is 1. The fourth-order valence-corrected chi connectivity index (χ4v) is 2.72. The molecule has 0 aromatic heterocycles. The van der Waals surface area contributed by atoms with Gasteiger partial charge in [0.15, 0.2) is 6.29 Å². The predicted molar refractivity (Wildman–Crippen MR) is 82.6 cm³/mol. The van der Waals surface area contributed by atoms with Gasteiger partial charge < -0.3 is 9.47 Å². The maximum atomic E-state index is 5.97. The summed E-state index contributed by atoms with van der Waals surface area (Å²) in [6, 6.07) is 10.4. The minimum Gasteiger partial charge on any atom is -0.350 e. The van der Waals surface area contributed by atoms with Crippen molar-refractivity contribution in [2.24, 2.45) is 0 Å². The first-order chi connectivity index (χ1) is 9.90. The summed E-state index contributed by atoms with van der Waals surface area (Å²) in [7, 11) is 0. The Labute approximate surface area is 123 Å². The average molecular weight is 276 g/mol. The Balaban J connectivity index is 1.55. The third-order valence-corrected chi connectivity index (χ3v) is 3.96. The minimum absolute atomic E-state index is 0.0100. The third kappa shape index (κ3) is 5.26. The van der Waals surface area contributed by atoms with Gasteiger partial charge in [0.1, 0.15) is 6.10 Å². The molecule has 20 heavy (non-hydrogen) atoms. The molecule has 0 N–H and O–H groups in total. The highest BCUT2D eigenvalue weighted by Crippen LogP contribution is 2.28. The van der Waals surface area contributed by atoms with E-state index in [0.29, 0.717) is 6.61 Å². The zero-order valence-electron chi connectivity index (χ0n) is 12.7. The van der Waals surface area contributed by atoms with Gasteiger partial charge in [-0.1, -0.05) is 75.8 Å². The molecule has 1 aromatic carbocycles. The maximum Gasteiger partial charge on any atom is 0.158 e. The van der Waals surface area contributed by atoms with Crippen LogP contribution in [-0.2, 0) is 9.47 Å². The summed E-state index contributed by atoms with van der Waals surface area (Å²) < 4.78 is 11.7. The molecule has 0 aliphatic carbocycles. The van der Waals surface area contributed by atoms with Gasteiger partial charge in [-0.3, -0.25) is 0 Å². The second kappa shape index (κ2) is 9.15. The average Bonchev–Trinajstić information content (AvgIpc) is 2.96. The van der Waals surface area contributed by atoms with E-state index in [-0.39, 0.29) is 12.4 Å². The van der Waals surface area contributed by atoms with Gasteiger partial charge >= 0.3 is 0 Å². The molecule has 0 unspecified atom stereocenters. The molecule has 0 bridgehead atoms. The lowest BCUT2D eigenvalue weighted by Gasteiger charge is -2.11. The van der Waals surface area contributed by atoms with Gasteiger partial charge in [-0.15, -0.1) is 0 Å². The van der Waals surface area contributed by atoms with E-state index >= 15 is 0 Å². The van der Waals surface area contributed by atoms with Crippen molar-refractivity contribution in [3.8, 4) is 0 Å². The summed E-state index contributed by atoms with van der Waals surface area (Å²) in [6.07, 6.45) is 10.5. The van der Waals surface area contributed by atoms with E-state index in [2.05, 4.69) is 31.2 Å². The van der Waals surface area contributed by atoms with Crippen molar-refractivity contribution in [2.45, 2.75) is 70.7 Å². The zero-order chi connectivity index (χ0) is 14.0. The van der Waals surface area contributed by atoms with Crippen molar-refractivity contribution in [3.63, 3.8) is 0 Å². The monoisotopic (exact) mass is 276 g/mol. The summed E-state index contributed by atoms with van der Waals surface area (Å²) in [4.78, 5) is 0. The van der Waals surface area contributed by atoms with Crippen molar-refractivity contribution < 1.29 is 9.47 Å². The van der Waals surface area contributed by atoms with Gasteiger partial charge in [0, 0.05) is 0 Å². The molecule has 0 radical (unpaired) electrons. The predicted octanol–water partition coefficient (Wildman–Crippen LogP) is 5.24. The molecule has 0 spiro atoms. The first-order valence-corrected chi connectivity index (χ1v) is 8.22. The molecular formula is C18H28O2. The number of ether oxygens (including phenoxy) is 2. The van der Waals surface area contributed by atoms with Gasteiger partial charge in [-0.25, -0.2) is 0 Å². The van der Waals surface area contributed by atoms with Gasteiger partial charge in [0.05, 0.1) is 6.61 Å². The lowest BCUT2D eigenvalue weighted by Crippen LogP contribution is -2.07. The molecule has 1 heterocycles. The second-order valence-electron chi connectivity index (χ2n) is 5.71. The van der Waals surface area contributed by atoms with Crippen LogP contribution in [-0.4, -0.2) is 12.9 Å². The van der Waals surface area contributed by atoms with E-state index in [1.54, 1.807) is 0 Å². The van der Waals surface area contributed by atoms with Crippen LogP contribution in [0.4, 0.5) is 0 Å². The Hall–Kier alpha value is -0.860. The molecule has 0 saturated carbocycles. The molecule has 2 heteroatoms. The molecule has 1 fully saturated rings. The number of rotatable bonds is 9. The minimum atomic E-state index is 0.0100. The smallest absolute Gasteiger partial charge is 0.158 e. The molecule has 1 saturated heterocycles. The maximum absolute atomic E-state index is 5.97. The van der Waals surface area contributed by atoms with E-state index in [1.807, 2.05) is 6.07 Å². The van der Waals surface area contributed by atoms with E-state index in [0.717, 1.165) is 6.42 Å². The fraction of sp³-hybridized carbons (Fsp3) is 0.667. The van der Waals surface area contributed by atoms with Gasteiger partial charge in [0.25, 0.3) is 0 Å². The lowest BCUT2D eigenvalue weighted by atomic mass is 10.1. The van der Waals surface area contributed by atoms with Crippen LogP contribution in [0.3, 0.4) is 0 Å². The molecular weight excluding hydrogens is 248 g/mol. The molecule has 1 aliphatic heterocycles. The van der Waals surface area contributed by atoms with Crippen molar-refractivity contribution in [3.05, 3.63) is 35.9 Å². The molecule has 0 amide bonds. The summed E-state index contributed by atoms with van der Waals surface area (Å²) in [5, 5.41) is 0. The van der Waals surface area contributed by atoms with E-state index < -0.39 is 0 Å². The summed E-state index contributed by atoms with van der Waals surface area (Å²) in [6.45, 7) is 2.96. The summed E-state index contributed by atoms with van der Waals surface area (Å²) in [5.74, 6) is 0. The standard InChI is InChI=1S/C18H28O2/c1-2-3-4-5-6-7-11-14-18-19-15-17(20-18)16-12-9-8-10-13-16/h8-10,12-13,17-18H,2-7,11,14-15H2,1H3/t17-,18+/m1/s1. The zero-order valence-corrected chi connectivity index (χ0v) is 12.7. The molecule has 2 nitrogen and oxygen atoms in total. The van der Waals surface area contributed by atoms with Crippen LogP contribution in [0.25, 0.3) is 0 Å². The molecule has 1 aromatic rings. The molecule has 112 valence electrons. The summed E-state index contributed by atoms with van der Waals surface area (Å²) >= 11 is 0. The first kappa shape index (κ1) is 15.5. The number of hydrogen-bond acceptors (Lipinski definition) is 2. The van der Waals surface area contributed by atoms with Crippen molar-refractivity contribution in [1.29, 1.82) is 0 Å². The highest BCUT2D eigenvalue weighted by Gasteiger charge is 2.26. The van der Waals surface area contributed by atoms with Gasteiger partial charge in [0.2, 0.25) is 0 Å². The number of hydrogen-bond donors (Lipinski definition) is 0. The van der Waals surface area contributed by atoms with Crippen LogP contribution in [0.1, 0.15) is 70.0 Å². The lowest BCUT2D eigenvalue weighted by molar-refractivity contribution is -0.0637. The van der Waals surface area contributed by atoms with Crippen LogP contribution in [0, 0.1) is 0 Å². The van der Waals surface area contributed by atoms with E-state index in [9.17, 15) is 0 Å². The quantitative estimate of drug-likeness (QED) is 0.574. The molecule has 2 atom stereocenters. The highest BCUT2D eigenvalue weighted by molar-refractivity contribution is 5.18. The van der Waals surface area contributed by atoms with Crippen LogP contribution in [0.2, 0.25) is 0 Å². The Morgan fingerprint density at radius 2 is 1.65 bits per heavy atom. The number of unbranched alkanes of at least 4 members (excludes halogenated alkanes) is 6. The van der Waals surface area contributed by atoms with E-state index in [4.69, 9.17) is 9.47 Å². The highest BCUT2D eigenvalue weighted by atomic mass is 16.7. The second-order valence-corrected chi connectivity index (χ2v) is 5.71. The third-order valence-electron chi connectivity index (χ3n) is 3.96. The van der Waals surface area contributed by atoms with Crippen molar-refractivity contribution in [2.75, 3.05) is 6.61 Å². The van der Waals surface area contributed by atoms with Crippen LogP contribution in [0.5, 0.6) is 0 Å². The first-order valence-electron chi connectivity index (χ1n) is 8.22. The van der Waals surface area contributed by atoms with Crippen LogP contribution < -0.4 is 0 Å². The molecule has 1 aliphatic rings. The fourth-order valence-electron chi connectivity index (χ4n) is 2.72. The SMILES string of the molecule is CCCCCCCCC[C@H]1OC[C@H](c2ccccc2)O1. The van der Waals surface area contributed by atoms with Crippen molar-refractivity contribution in [1.82, 2.24) is 0 Å². The largest absolute Gasteiger partial charge is 0.350 e. The Morgan fingerprint density at radius 1 is 0.950 bits per heavy atom. The van der Waals surface area contributed by atoms with Crippen molar-refractivity contribution >= 4 is 0 Å². The van der Waals surface area contributed by atoms with Gasteiger partial charge in [-0.2, -0.15) is 0 Å². The normalized spacial score (nSPS) is 22.2. The molecule has 2 rings (SSSR count). The Kier molecular flexibility index (Phi) is 7.10. The summed E-state index contributed by atoms with van der Waals surface area (Å²) in [5.41, 5.74) is 1.23. The van der Waals surface area contributed by atoms with Crippen LogP contribution >= 0.6 is 0 Å². The Bertz CT molecular complexity index is 350.